The van der Waals surface area contributed by atoms with E-state index < -0.39 is 127 Å². The molecule has 1 saturated heterocycles. The molecule has 0 saturated carbocycles. The van der Waals surface area contributed by atoms with Crippen LogP contribution in [-0.2, 0) is 80.0 Å². The number of aliphatic carboxylic acids is 1. The molecule has 18 N–H and O–H groups in total. The predicted molar refractivity (Wildman–Crippen MR) is 315 cm³/mol. The summed E-state index contributed by atoms with van der Waals surface area (Å²) in [6.07, 6.45) is 3.36. The van der Waals surface area contributed by atoms with E-state index in [1.165, 1.54) is 66.0 Å². The van der Waals surface area contributed by atoms with Gasteiger partial charge in [-0.05, 0) is 71.8 Å². The van der Waals surface area contributed by atoms with Gasteiger partial charge in [-0.2, -0.15) is 0 Å². The molecule has 7 rings (SSSR count). The number of carboxylic acids is 1. The van der Waals surface area contributed by atoms with Crippen molar-refractivity contribution in [3.8, 4) is 11.5 Å². The molecule has 88 heavy (non-hydrogen) atoms. The first kappa shape index (κ1) is 65.4. The molecule has 0 spiro atoms. The van der Waals surface area contributed by atoms with Crippen LogP contribution in [0.3, 0.4) is 0 Å². The number of fused-ring (bicyclic) bond motifs is 1. The lowest BCUT2D eigenvalue weighted by molar-refractivity contribution is -0.143. The highest BCUT2D eigenvalue weighted by Gasteiger charge is 2.41. The second kappa shape index (κ2) is 31.3. The summed E-state index contributed by atoms with van der Waals surface area (Å²) in [5.74, 6) is -9.89. The van der Waals surface area contributed by atoms with Gasteiger partial charge in [0, 0.05) is 74.1 Å². The van der Waals surface area contributed by atoms with E-state index in [-0.39, 0.29) is 75.8 Å². The fourth-order valence-corrected chi connectivity index (χ4v) is 10.0. The Labute approximate surface area is 503 Å². The fourth-order valence-electron chi connectivity index (χ4n) is 10.0. The van der Waals surface area contributed by atoms with Gasteiger partial charge < -0.3 is 89.1 Å². The zero-order valence-corrected chi connectivity index (χ0v) is 47.6. The SMILES string of the molecule is NC(=O)CC[C@H](NC(=O)[C@@H](N)Cc1cnc[nH]1)C(=O)N[C@@H](Cc1c[nH]c2ccccc12)C(=O)N[C@@H](CO)C(=O)N[C@@H](CO)C(=O)N[C@@H](Cc1ccc(O)cc1)C(=O)N1CCC[C@H]1C(=O)N[C@@H](Cc1ccccc1)C(=O)N[C@@H](Cc1ccc(O)cc1)C(=O)O. The van der Waals surface area contributed by atoms with E-state index in [2.05, 4.69) is 52.2 Å². The molecule has 466 valence electrons. The number of nitrogens with zero attached hydrogens (tertiary/aromatic N) is 2. The van der Waals surface area contributed by atoms with Crippen LogP contribution in [0.15, 0.2) is 122 Å². The van der Waals surface area contributed by atoms with Gasteiger partial charge in [-0.15, -0.1) is 0 Å². The number of hydrogen-bond donors (Lipinski definition) is 16. The smallest absolute Gasteiger partial charge is 0.326 e. The Balaban J connectivity index is 1.06. The van der Waals surface area contributed by atoms with Gasteiger partial charge >= 0.3 is 5.97 Å². The number of H-pyrrole nitrogens is 2. The average Bonchev–Trinajstić information content (AvgIpc) is 3.57. The molecule has 0 radical (unpaired) electrons. The summed E-state index contributed by atoms with van der Waals surface area (Å²) in [5, 5.41) is 69.2. The second-order valence-corrected chi connectivity index (χ2v) is 21.2. The van der Waals surface area contributed by atoms with Crippen molar-refractivity contribution in [2.45, 2.75) is 112 Å². The molecule has 28 heteroatoms. The number of aromatic amines is 2. The van der Waals surface area contributed by atoms with Gasteiger partial charge in [0.1, 0.15) is 59.8 Å². The minimum Gasteiger partial charge on any atom is -0.508 e. The number of para-hydroxylation sites is 1. The normalized spacial score (nSPS) is 15.6. The maximum absolute atomic E-state index is 14.8. The predicted octanol–water partition coefficient (Wildman–Crippen LogP) is -2.14. The first-order chi connectivity index (χ1) is 42.2. The maximum Gasteiger partial charge on any atom is 0.326 e. The monoisotopic (exact) mass is 1210 g/mol. The quantitative estimate of drug-likeness (QED) is 0.0221. The number of carboxylic acid groups (broad SMARTS) is 1. The zero-order chi connectivity index (χ0) is 63.4. The fraction of sp³-hybridized carbons (Fsp3) is 0.350. The van der Waals surface area contributed by atoms with Crippen LogP contribution in [0.4, 0.5) is 0 Å². The van der Waals surface area contributed by atoms with E-state index in [1.54, 1.807) is 60.8 Å². The Morgan fingerprint density at radius 2 is 1.07 bits per heavy atom. The molecule has 6 aromatic rings. The van der Waals surface area contributed by atoms with E-state index in [4.69, 9.17) is 11.5 Å². The number of phenolic OH excluding ortho intramolecular Hbond substituents is 2. The van der Waals surface area contributed by atoms with E-state index in [1.807, 2.05) is 0 Å². The molecule has 28 nitrogen and oxygen atoms in total. The van der Waals surface area contributed by atoms with Gasteiger partial charge in [0.25, 0.3) is 0 Å². The number of aromatic nitrogens is 3. The number of aliphatic hydroxyl groups excluding tert-OH is 2. The first-order valence-electron chi connectivity index (χ1n) is 28.2. The summed E-state index contributed by atoms with van der Waals surface area (Å²) >= 11 is 0. The number of primary amides is 1. The number of phenols is 2. The number of likely N-dealkylation sites (tertiary alicyclic amines) is 1. The molecule has 9 atom stereocenters. The van der Waals surface area contributed by atoms with Crippen LogP contribution in [0, 0.1) is 0 Å². The van der Waals surface area contributed by atoms with E-state index in [0.29, 0.717) is 38.9 Å². The van der Waals surface area contributed by atoms with Crippen molar-refractivity contribution in [1.82, 2.24) is 57.1 Å². The van der Waals surface area contributed by atoms with Gasteiger partial charge in [0.15, 0.2) is 0 Å². The minimum absolute atomic E-state index is 0.00358. The summed E-state index contributed by atoms with van der Waals surface area (Å²) in [4.78, 5) is 148. The van der Waals surface area contributed by atoms with Crippen LogP contribution < -0.4 is 48.7 Å². The van der Waals surface area contributed by atoms with Gasteiger partial charge in [-0.3, -0.25) is 43.2 Å². The number of benzene rings is 4. The number of imidazole rings is 1. The molecule has 1 aliphatic heterocycles. The summed E-state index contributed by atoms with van der Waals surface area (Å²) < 4.78 is 0. The van der Waals surface area contributed by atoms with Crippen LogP contribution in [0.25, 0.3) is 10.9 Å². The lowest BCUT2D eigenvalue weighted by Crippen LogP contribution is -2.61. The Bertz CT molecular complexity index is 3400. The van der Waals surface area contributed by atoms with Crippen LogP contribution >= 0.6 is 0 Å². The molecule has 0 bridgehead atoms. The van der Waals surface area contributed by atoms with Gasteiger partial charge in [-0.1, -0.05) is 72.8 Å². The van der Waals surface area contributed by atoms with Crippen molar-refractivity contribution in [3.63, 3.8) is 0 Å². The molecule has 1 aliphatic rings. The Hall–Kier alpha value is -10.2. The van der Waals surface area contributed by atoms with Gasteiger partial charge in [-0.25, -0.2) is 9.78 Å². The number of aromatic hydroxyl groups is 2. The number of amides is 9. The molecular weight excluding hydrogens is 1140 g/mol. The number of carbonyl (C=O) groups is 10. The molecular formula is C60H71N13O15. The number of nitrogens with two attached hydrogens (primary N) is 2. The Kier molecular flexibility index (Phi) is 23.2. The average molecular weight is 1210 g/mol. The molecule has 9 amide bonds. The topological polar surface area (TPSA) is 456 Å². The second-order valence-electron chi connectivity index (χ2n) is 21.2. The third kappa shape index (κ3) is 18.4. The number of carbonyl (C=O) groups excluding carboxylic acids is 9. The Morgan fingerprint density at radius 3 is 1.65 bits per heavy atom. The van der Waals surface area contributed by atoms with Crippen LogP contribution in [0.1, 0.15) is 53.6 Å². The number of hydrogen-bond acceptors (Lipinski definition) is 16. The minimum atomic E-state index is -1.86. The van der Waals surface area contributed by atoms with Gasteiger partial charge in [0.05, 0.1) is 25.6 Å². The highest BCUT2D eigenvalue weighted by atomic mass is 16.4. The van der Waals surface area contributed by atoms with Crippen molar-refractivity contribution in [3.05, 3.63) is 150 Å². The third-order valence-electron chi connectivity index (χ3n) is 14.7. The molecule has 2 aromatic heterocycles. The highest BCUT2D eigenvalue weighted by molar-refractivity contribution is 5.99. The van der Waals surface area contributed by atoms with E-state index in [0.717, 1.165) is 0 Å². The summed E-state index contributed by atoms with van der Waals surface area (Å²) in [5.41, 5.74) is 14.7. The van der Waals surface area contributed by atoms with Crippen molar-refractivity contribution in [2.75, 3.05) is 19.8 Å². The Morgan fingerprint density at radius 1 is 0.568 bits per heavy atom. The number of nitrogens with one attached hydrogen (secondary N) is 9. The van der Waals surface area contributed by atoms with Gasteiger partial charge in [0.2, 0.25) is 53.2 Å². The lowest BCUT2D eigenvalue weighted by Gasteiger charge is -2.31. The van der Waals surface area contributed by atoms with Crippen molar-refractivity contribution < 1.29 is 73.5 Å². The molecule has 0 aliphatic carbocycles. The molecule has 0 unspecified atom stereocenters. The standard InChI is InChI=1S/C60H71N13O15/c61-41(27-37-29-63-32-65-37)52(79)66-43(20-21-51(62)78)53(80)67-45(26-36-28-64-42-10-5-4-9-40(36)42)55(82)71-49(31-75)57(84)72-48(30-74)56(83)69-46(24-34-12-16-38(76)17-13-34)59(86)73-22-6-11-50(73)58(85)68-44(23-33-7-2-1-3-8-33)54(81)70-47(60(87)88)25-35-14-18-39(77)19-15-35/h1-5,7-10,12-19,28-29,32,41,43-50,64,74-77H,6,11,20-27,30-31,61H2,(H2,62,78)(H,63,65)(H,66,79)(H,67,80)(H,68,85)(H,69,83)(H,70,81)(H,71,82)(H,72,84)(H,87,88)/t41-,43-,44-,45-,46-,47-,48-,49-,50-/m0/s1. The molecule has 4 aromatic carbocycles. The number of rotatable bonds is 31. The van der Waals surface area contributed by atoms with Crippen LogP contribution in [-0.4, -0.2) is 179 Å². The first-order valence-corrected chi connectivity index (χ1v) is 28.2. The highest BCUT2D eigenvalue weighted by Crippen LogP contribution is 2.23. The summed E-state index contributed by atoms with van der Waals surface area (Å²) in [7, 11) is 0. The van der Waals surface area contributed by atoms with Crippen LogP contribution in [0.2, 0.25) is 0 Å². The molecule has 1 fully saturated rings. The summed E-state index contributed by atoms with van der Waals surface area (Å²) in [6.45, 7) is -2.19. The van der Waals surface area contributed by atoms with Crippen molar-refractivity contribution in [1.29, 1.82) is 0 Å². The number of aliphatic hydroxyl groups is 2. The zero-order valence-electron chi connectivity index (χ0n) is 47.6. The lowest BCUT2D eigenvalue weighted by atomic mass is 10.0. The largest absolute Gasteiger partial charge is 0.508 e. The third-order valence-corrected chi connectivity index (χ3v) is 14.7. The van der Waals surface area contributed by atoms with Crippen molar-refractivity contribution in [2.24, 2.45) is 11.5 Å². The maximum atomic E-state index is 14.8. The van der Waals surface area contributed by atoms with Crippen molar-refractivity contribution >= 4 is 70.0 Å². The summed E-state index contributed by atoms with van der Waals surface area (Å²) in [6, 6.07) is 13.4. The molecule has 3 heterocycles. The van der Waals surface area contributed by atoms with E-state index >= 15 is 0 Å². The van der Waals surface area contributed by atoms with E-state index in [9.17, 15) is 73.5 Å². The van der Waals surface area contributed by atoms with Crippen LogP contribution in [0.5, 0.6) is 11.5 Å².